The van der Waals surface area contributed by atoms with Crippen molar-refractivity contribution in [1.82, 2.24) is 10.3 Å². The number of hydrogen-bond donors (Lipinski definition) is 2. The van der Waals surface area contributed by atoms with Gasteiger partial charge in [0, 0.05) is 11.1 Å². The van der Waals surface area contributed by atoms with E-state index >= 15 is 0 Å². The first-order chi connectivity index (χ1) is 18.5. The molecule has 0 amide bonds. The molecule has 8 nitrogen and oxygen atoms in total. The molecule has 0 spiro atoms. The van der Waals surface area contributed by atoms with E-state index in [4.69, 9.17) is 18.5 Å². The lowest BCUT2D eigenvalue weighted by Crippen LogP contribution is -2.18. The molecule has 0 atom stereocenters. The molecule has 8 heteroatoms. The summed E-state index contributed by atoms with van der Waals surface area (Å²) in [7, 11) is 1.55. The molecule has 0 saturated carbocycles. The third-order valence-electron chi connectivity index (χ3n) is 6.27. The minimum atomic E-state index is -0.849. The summed E-state index contributed by atoms with van der Waals surface area (Å²) in [6.07, 6.45) is 0. The fraction of sp³-hybridized carbons (Fsp3) is 0.200. The molecule has 0 aliphatic carbocycles. The molecule has 2 heterocycles. The number of ether oxygens (including phenoxy) is 2. The molecule has 0 saturated heterocycles. The summed E-state index contributed by atoms with van der Waals surface area (Å²) in [6, 6.07) is 24.1. The first kappa shape index (κ1) is 25.0. The maximum absolute atomic E-state index is 13.3. The second kappa shape index (κ2) is 10.7. The molecule has 5 aromatic rings. The third kappa shape index (κ3) is 4.80. The Labute approximate surface area is 218 Å². The van der Waals surface area contributed by atoms with Gasteiger partial charge in [0.05, 0.1) is 42.1 Å². The van der Waals surface area contributed by atoms with Crippen LogP contribution in [-0.2, 0) is 0 Å². The fourth-order valence-corrected chi connectivity index (χ4v) is 4.50. The number of nitrogens with one attached hydrogen (secondary N) is 2. The zero-order valence-electron chi connectivity index (χ0n) is 21.3. The lowest BCUT2D eigenvalue weighted by atomic mass is 9.83. The van der Waals surface area contributed by atoms with Crippen molar-refractivity contribution in [3.8, 4) is 34.0 Å². The van der Waals surface area contributed by atoms with Gasteiger partial charge in [0.2, 0.25) is 0 Å². The predicted molar refractivity (Wildman–Crippen MR) is 144 cm³/mol. The quantitative estimate of drug-likeness (QED) is 0.258. The fourth-order valence-electron chi connectivity index (χ4n) is 4.50. The Kier molecular flexibility index (Phi) is 7.04. The standard InChI is InChI=1S/C30H28N2O6/c1-18(2)17-36-22-15-14-21(16-23(22)35-3)24(25-27(31-37-29(25)33)19-10-6-4-7-11-19)26-28(32-38-30(26)34)20-12-8-5-9-13-20/h4-16,18,24,31-32H,17H2,1-3H3. The number of H-pyrrole nitrogens is 2. The van der Waals surface area contributed by atoms with Crippen molar-refractivity contribution in [3.05, 3.63) is 116 Å². The Morgan fingerprint density at radius 2 is 1.26 bits per heavy atom. The minimum Gasteiger partial charge on any atom is -0.493 e. The van der Waals surface area contributed by atoms with Gasteiger partial charge in [-0.3, -0.25) is 0 Å². The van der Waals surface area contributed by atoms with Crippen LogP contribution in [0.4, 0.5) is 0 Å². The first-order valence-corrected chi connectivity index (χ1v) is 12.3. The second-order valence-electron chi connectivity index (χ2n) is 9.34. The van der Waals surface area contributed by atoms with Crippen LogP contribution in [0.3, 0.4) is 0 Å². The highest BCUT2D eigenvalue weighted by Crippen LogP contribution is 2.41. The maximum atomic E-state index is 13.3. The molecular formula is C30H28N2O6. The third-order valence-corrected chi connectivity index (χ3v) is 6.27. The van der Waals surface area contributed by atoms with E-state index in [1.807, 2.05) is 66.7 Å². The van der Waals surface area contributed by atoms with Crippen LogP contribution in [0.5, 0.6) is 11.5 Å². The summed E-state index contributed by atoms with van der Waals surface area (Å²) in [6.45, 7) is 4.63. The highest BCUT2D eigenvalue weighted by atomic mass is 16.5. The van der Waals surface area contributed by atoms with E-state index in [1.165, 1.54) is 0 Å². The van der Waals surface area contributed by atoms with Crippen LogP contribution in [0.25, 0.3) is 22.5 Å². The summed E-state index contributed by atoms with van der Waals surface area (Å²) in [5, 5.41) is 5.54. The van der Waals surface area contributed by atoms with Gasteiger partial charge in [-0.25, -0.2) is 19.9 Å². The number of hydrogen-bond acceptors (Lipinski definition) is 6. The molecular weight excluding hydrogens is 484 g/mol. The molecule has 0 aliphatic heterocycles. The molecule has 2 N–H and O–H groups in total. The normalized spacial score (nSPS) is 11.3. The van der Waals surface area contributed by atoms with Crippen molar-refractivity contribution < 1.29 is 18.5 Å². The lowest BCUT2D eigenvalue weighted by Gasteiger charge is -2.19. The highest BCUT2D eigenvalue weighted by molar-refractivity contribution is 5.70. The average Bonchev–Trinajstić information content (AvgIpc) is 3.51. The van der Waals surface area contributed by atoms with Crippen molar-refractivity contribution in [2.24, 2.45) is 5.92 Å². The van der Waals surface area contributed by atoms with Crippen molar-refractivity contribution in [2.75, 3.05) is 13.7 Å². The van der Waals surface area contributed by atoms with Crippen LogP contribution in [0.1, 0.15) is 36.5 Å². The summed E-state index contributed by atoms with van der Waals surface area (Å²) in [5.41, 5.74) is 2.42. The van der Waals surface area contributed by atoms with Gasteiger partial charge in [0.25, 0.3) is 0 Å². The SMILES string of the molecule is COc1cc(C(c2c(-c3ccccc3)[nH]oc2=O)c2c(-c3ccccc3)[nH]oc2=O)ccc1OCC(C)C. The Morgan fingerprint density at radius 3 is 1.74 bits per heavy atom. The molecule has 5 rings (SSSR count). The summed E-state index contributed by atoms with van der Waals surface area (Å²) < 4.78 is 22.2. The van der Waals surface area contributed by atoms with E-state index < -0.39 is 17.2 Å². The van der Waals surface area contributed by atoms with E-state index in [9.17, 15) is 9.59 Å². The zero-order valence-corrected chi connectivity index (χ0v) is 21.3. The van der Waals surface area contributed by atoms with Crippen LogP contribution < -0.4 is 20.7 Å². The first-order valence-electron chi connectivity index (χ1n) is 12.3. The molecule has 38 heavy (non-hydrogen) atoms. The Balaban J connectivity index is 1.76. The van der Waals surface area contributed by atoms with Gasteiger partial charge in [-0.1, -0.05) is 80.6 Å². The van der Waals surface area contributed by atoms with E-state index in [0.717, 1.165) is 11.1 Å². The Morgan fingerprint density at radius 1 is 0.737 bits per heavy atom. The zero-order chi connectivity index (χ0) is 26.6. The Bertz CT molecular complexity index is 1540. The number of rotatable bonds is 9. The molecule has 0 radical (unpaired) electrons. The number of aromatic amines is 2. The van der Waals surface area contributed by atoms with Crippen LogP contribution in [-0.4, -0.2) is 24.0 Å². The summed E-state index contributed by atoms with van der Waals surface area (Å²) in [5.74, 6) is 0.523. The van der Waals surface area contributed by atoms with Crippen molar-refractivity contribution in [2.45, 2.75) is 19.8 Å². The molecule has 0 aliphatic rings. The van der Waals surface area contributed by atoms with Gasteiger partial charge in [-0.15, -0.1) is 0 Å². The lowest BCUT2D eigenvalue weighted by molar-refractivity contribution is 0.257. The van der Waals surface area contributed by atoms with E-state index in [0.29, 0.717) is 41.0 Å². The number of methoxy groups -OCH3 is 1. The highest BCUT2D eigenvalue weighted by Gasteiger charge is 2.33. The van der Waals surface area contributed by atoms with Gasteiger partial charge in [0.15, 0.2) is 11.5 Å². The topological polar surface area (TPSA) is 110 Å². The van der Waals surface area contributed by atoms with Crippen molar-refractivity contribution in [3.63, 3.8) is 0 Å². The van der Waals surface area contributed by atoms with Gasteiger partial charge >= 0.3 is 11.3 Å². The molecule has 2 aromatic heterocycles. The van der Waals surface area contributed by atoms with Gasteiger partial charge < -0.3 is 18.5 Å². The van der Waals surface area contributed by atoms with Crippen LogP contribution >= 0.6 is 0 Å². The van der Waals surface area contributed by atoms with E-state index in [-0.39, 0.29) is 11.1 Å². The number of aromatic nitrogens is 2. The van der Waals surface area contributed by atoms with Gasteiger partial charge in [-0.2, -0.15) is 0 Å². The second-order valence-corrected chi connectivity index (χ2v) is 9.34. The van der Waals surface area contributed by atoms with Crippen molar-refractivity contribution in [1.29, 1.82) is 0 Å². The minimum absolute atomic E-state index is 0.276. The van der Waals surface area contributed by atoms with Gasteiger partial charge in [-0.05, 0) is 23.6 Å². The maximum Gasteiger partial charge on any atom is 0.362 e. The largest absolute Gasteiger partial charge is 0.493 e. The summed E-state index contributed by atoms with van der Waals surface area (Å²) in [4.78, 5) is 26.6. The number of benzene rings is 3. The van der Waals surface area contributed by atoms with E-state index in [1.54, 1.807) is 19.2 Å². The summed E-state index contributed by atoms with van der Waals surface area (Å²) >= 11 is 0. The molecule has 0 fully saturated rings. The van der Waals surface area contributed by atoms with E-state index in [2.05, 4.69) is 24.2 Å². The molecule has 3 aromatic carbocycles. The Hall–Kier alpha value is -4.72. The molecule has 0 bridgehead atoms. The smallest absolute Gasteiger partial charge is 0.362 e. The van der Waals surface area contributed by atoms with Crippen LogP contribution in [0, 0.1) is 5.92 Å². The predicted octanol–water partition coefficient (Wildman–Crippen LogP) is 5.81. The van der Waals surface area contributed by atoms with Gasteiger partial charge in [0.1, 0.15) is 0 Å². The molecule has 0 unspecified atom stereocenters. The van der Waals surface area contributed by atoms with Crippen LogP contribution in [0.15, 0.2) is 97.5 Å². The van der Waals surface area contributed by atoms with Crippen molar-refractivity contribution >= 4 is 0 Å². The average molecular weight is 513 g/mol. The monoisotopic (exact) mass is 512 g/mol. The molecule has 194 valence electrons. The van der Waals surface area contributed by atoms with Crippen LogP contribution in [0.2, 0.25) is 0 Å².